The number of rotatable bonds is 15. The van der Waals surface area contributed by atoms with Gasteiger partial charge >= 0.3 is 5.97 Å². The first-order chi connectivity index (χ1) is 14.0. The molecule has 0 aliphatic heterocycles. The lowest BCUT2D eigenvalue weighted by atomic mass is 10.0. The molecule has 4 unspecified atom stereocenters. The Morgan fingerprint density at radius 1 is 0.967 bits per heavy atom. The highest BCUT2D eigenvalue weighted by molar-refractivity contribution is 5.93. The van der Waals surface area contributed by atoms with Crippen molar-refractivity contribution in [3.05, 3.63) is 0 Å². The van der Waals surface area contributed by atoms with E-state index in [4.69, 9.17) is 16.6 Å². The molecule has 0 fully saturated rings. The zero-order valence-corrected chi connectivity index (χ0v) is 17.3. The van der Waals surface area contributed by atoms with Crippen molar-refractivity contribution >= 4 is 29.6 Å². The molecule has 0 saturated carbocycles. The zero-order valence-electron chi connectivity index (χ0n) is 17.3. The lowest BCUT2D eigenvalue weighted by Crippen LogP contribution is -2.58. The van der Waals surface area contributed by atoms with E-state index in [1.807, 2.05) is 0 Å². The maximum atomic E-state index is 12.6. The van der Waals surface area contributed by atoms with E-state index in [0.717, 1.165) is 0 Å². The number of hydrogen-bond acceptors (Lipinski definition) is 7. The molecular weight excluding hydrogens is 398 g/mol. The minimum atomic E-state index is -1.36. The van der Waals surface area contributed by atoms with Crippen LogP contribution in [0.4, 0.5) is 0 Å². The SMILES string of the molecule is CCCC(=O)NC(C(=O)NC(C)C(=O)NC(CCC(N)=O)C(=O)O)C(O)CCCN. The first-order valence-corrected chi connectivity index (χ1v) is 9.82. The highest BCUT2D eigenvalue weighted by atomic mass is 16.4. The van der Waals surface area contributed by atoms with E-state index in [0.29, 0.717) is 12.8 Å². The Labute approximate surface area is 175 Å². The Morgan fingerprint density at radius 2 is 1.60 bits per heavy atom. The smallest absolute Gasteiger partial charge is 0.326 e. The van der Waals surface area contributed by atoms with Gasteiger partial charge in [-0.15, -0.1) is 0 Å². The third-order valence-corrected chi connectivity index (χ3v) is 4.21. The maximum Gasteiger partial charge on any atom is 0.326 e. The van der Waals surface area contributed by atoms with Gasteiger partial charge in [0.1, 0.15) is 18.1 Å². The van der Waals surface area contributed by atoms with Crippen LogP contribution in [0.15, 0.2) is 0 Å². The fraction of sp³-hybridized carbons (Fsp3) is 0.722. The molecule has 0 saturated heterocycles. The van der Waals surface area contributed by atoms with E-state index in [2.05, 4.69) is 16.0 Å². The Morgan fingerprint density at radius 3 is 2.10 bits per heavy atom. The molecule has 30 heavy (non-hydrogen) atoms. The van der Waals surface area contributed by atoms with Crippen molar-refractivity contribution in [1.82, 2.24) is 16.0 Å². The molecule has 0 rings (SSSR count). The third kappa shape index (κ3) is 10.7. The van der Waals surface area contributed by atoms with Crippen molar-refractivity contribution in [2.24, 2.45) is 11.5 Å². The van der Waals surface area contributed by atoms with Crippen LogP contribution in [0.5, 0.6) is 0 Å². The first kappa shape index (κ1) is 27.3. The maximum absolute atomic E-state index is 12.6. The second-order valence-corrected chi connectivity index (χ2v) is 6.93. The number of carbonyl (C=O) groups is 5. The van der Waals surface area contributed by atoms with Gasteiger partial charge in [0.25, 0.3) is 0 Å². The van der Waals surface area contributed by atoms with Crippen molar-refractivity contribution < 1.29 is 34.2 Å². The van der Waals surface area contributed by atoms with Gasteiger partial charge in [0, 0.05) is 12.8 Å². The van der Waals surface area contributed by atoms with E-state index >= 15 is 0 Å². The lowest BCUT2D eigenvalue weighted by Gasteiger charge is -2.25. The molecule has 4 amide bonds. The average molecular weight is 431 g/mol. The van der Waals surface area contributed by atoms with Crippen molar-refractivity contribution in [3.63, 3.8) is 0 Å². The monoisotopic (exact) mass is 431 g/mol. The van der Waals surface area contributed by atoms with Gasteiger partial charge in [0.15, 0.2) is 0 Å². The van der Waals surface area contributed by atoms with Gasteiger partial charge in [-0.1, -0.05) is 6.92 Å². The second-order valence-electron chi connectivity index (χ2n) is 6.93. The van der Waals surface area contributed by atoms with Crippen molar-refractivity contribution in [2.45, 2.75) is 76.6 Å². The minimum Gasteiger partial charge on any atom is -0.480 e. The fourth-order valence-corrected chi connectivity index (χ4v) is 2.51. The van der Waals surface area contributed by atoms with Gasteiger partial charge in [-0.3, -0.25) is 19.2 Å². The van der Waals surface area contributed by atoms with Crippen LogP contribution in [0.3, 0.4) is 0 Å². The van der Waals surface area contributed by atoms with Gasteiger partial charge < -0.3 is 37.6 Å². The second kappa shape index (κ2) is 14.3. The molecule has 0 aliphatic carbocycles. The molecule has 0 aromatic carbocycles. The molecule has 0 radical (unpaired) electrons. The number of hydrogen-bond donors (Lipinski definition) is 7. The fourth-order valence-electron chi connectivity index (χ4n) is 2.51. The number of amides is 4. The molecular formula is C18H33N5O7. The highest BCUT2D eigenvalue weighted by Gasteiger charge is 2.31. The van der Waals surface area contributed by atoms with Crippen LogP contribution in [0.1, 0.15) is 52.4 Å². The molecule has 4 atom stereocenters. The van der Waals surface area contributed by atoms with Crippen LogP contribution in [0, 0.1) is 0 Å². The number of carboxylic acids is 1. The van der Waals surface area contributed by atoms with E-state index in [9.17, 15) is 29.1 Å². The molecule has 0 aliphatic rings. The summed E-state index contributed by atoms with van der Waals surface area (Å²) in [7, 11) is 0. The minimum absolute atomic E-state index is 0.156. The van der Waals surface area contributed by atoms with Crippen LogP contribution in [0.2, 0.25) is 0 Å². The standard InChI is InChI=1S/C18H33N5O7/c1-3-5-14(26)23-15(12(24)6-4-9-19)17(28)21-10(2)16(27)22-11(18(29)30)7-8-13(20)25/h10-12,15,24H,3-9,19H2,1-2H3,(H2,20,25)(H,21,28)(H,22,27)(H,23,26)(H,29,30). The summed E-state index contributed by atoms with van der Waals surface area (Å²) < 4.78 is 0. The lowest BCUT2D eigenvalue weighted by molar-refractivity contribution is -0.142. The van der Waals surface area contributed by atoms with Crippen LogP contribution < -0.4 is 27.4 Å². The van der Waals surface area contributed by atoms with Crippen LogP contribution in [-0.4, -0.2) is 70.6 Å². The van der Waals surface area contributed by atoms with E-state index in [-0.39, 0.29) is 32.2 Å². The van der Waals surface area contributed by atoms with Gasteiger partial charge in [-0.25, -0.2) is 4.79 Å². The van der Waals surface area contributed by atoms with Crippen molar-refractivity contribution in [1.29, 1.82) is 0 Å². The Bertz CT molecular complexity index is 614. The Kier molecular flexibility index (Phi) is 13.0. The van der Waals surface area contributed by atoms with Crippen LogP contribution >= 0.6 is 0 Å². The highest BCUT2D eigenvalue weighted by Crippen LogP contribution is 2.05. The molecule has 0 spiro atoms. The number of aliphatic carboxylic acids is 1. The quantitative estimate of drug-likeness (QED) is 0.149. The van der Waals surface area contributed by atoms with Gasteiger partial charge in [0.2, 0.25) is 23.6 Å². The number of carbonyl (C=O) groups excluding carboxylic acids is 4. The topological polar surface area (TPSA) is 214 Å². The zero-order chi connectivity index (χ0) is 23.3. The molecule has 0 aromatic rings. The van der Waals surface area contributed by atoms with Crippen molar-refractivity contribution in [3.8, 4) is 0 Å². The number of aliphatic hydroxyl groups excluding tert-OH is 1. The number of carboxylic acid groups (broad SMARTS) is 1. The predicted octanol–water partition coefficient (Wildman–Crippen LogP) is -2.29. The van der Waals surface area contributed by atoms with E-state index in [1.165, 1.54) is 6.92 Å². The molecule has 0 heterocycles. The average Bonchev–Trinajstić information content (AvgIpc) is 2.66. The Hall–Kier alpha value is -2.73. The first-order valence-electron chi connectivity index (χ1n) is 9.82. The summed E-state index contributed by atoms with van der Waals surface area (Å²) in [6, 6.07) is -3.82. The number of primary amides is 1. The molecule has 172 valence electrons. The molecule has 12 heteroatoms. The molecule has 0 bridgehead atoms. The van der Waals surface area contributed by atoms with Crippen molar-refractivity contribution in [2.75, 3.05) is 6.54 Å². The summed E-state index contributed by atoms with van der Waals surface area (Å²) in [4.78, 5) is 58.8. The summed E-state index contributed by atoms with van der Waals surface area (Å²) in [5, 5.41) is 26.4. The van der Waals surface area contributed by atoms with E-state index in [1.54, 1.807) is 6.92 Å². The number of aliphatic hydroxyl groups is 1. The summed E-state index contributed by atoms with van der Waals surface area (Å²) in [5.74, 6) is -4.11. The normalized spacial score (nSPS) is 14.7. The van der Waals surface area contributed by atoms with Gasteiger partial charge in [-0.2, -0.15) is 0 Å². The summed E-state index contributed by atoms with van der Waals surface area (Å²) in [5.41, 5.74) is 10.4. The van der Waals surface area contributed by atoms with Crippen LogP contribution in [-0.2, 0) is 24.0 Å². The van der Waals surface area contributed by atoms with Crippen LogP contribution in [0.25, 0.3) is 0 Å². The molecule has 0 aromatic heterocycles. The number of nitrogens with two attached hydrogens (primary N) is 2. The summed E-state index contributed by atoms with van der Waals surface area (Å²) in [6.07, 6.45) is -0.377. The molecule has 9 N–H and O–H groups in total. The third-order valence-electron chi connectivity index (χ3n) is 4.21. The predicted molar refractivity (Wildman–Crippen MR) is 107 cm³/mol. The van der Waals surface area contributed by atoms with Gasteiger partial charge in [0.05, 0.1) is 6.10 Å². The summed E-state index contributed by atoms with van der Waals surface area (Å²) in [6.45, 7) is 3.38. The Balaban J connectivity index is 5.07. The molecule has 12 nitrogen and oxygen atoms in total. The number of nitrogens with one attached hydrogen (secondary N) is 3. The van der Waals surface area contributed by atoms with Gasteiger partial charge in [-0.05, 0) is 39.2 Å². The summed E-state index contributed by atoms with van der Waals surface area (Å²) >= 11 is 0. The van der Waals surface area contributed by atoms with E-state index < -0.39 is 53.8 Å². The largest absolute Gasteiger partial charge is 0.480 e.